The zero-order valence-corrected chi connectivity index (χ0v) is 12.1. The van der Waals surface area contributed by atoms with Crippen molar-refractivity contribution in [2.45, 2.75) is 39.7 Å². The van der Waals surface area contributed by atoms with Gasteiger partial charge < -0.3 is 4.90 Å². The summed E-state index contributed by atoms with van der Waals surface area (Å²) in [5, 5.41) is 4.42. The van der Waals surface area contributed by atoms with Gasteiger partial charge in [0.2, 0.25) is 5.91 Å². The molecule has 0 radical (unpaired) electrons. The normalized spacial score (nSPS) is 17.5. The Hall–Kier alpha value is -0.840. The molecule has 5 heteroatoms. The fourth-order valence-electron chi connectivity index (χ4n) is 2.33. The van der Waals surface area contributed by atoms with Gasteiger partial charge in [-0.3, -0.25) is 9.48 Å². The lowest BCUT2D eigenvalue weighted by molar-refractivity contribution is -0.133. The summed E-state index contributed by atoms with van der Waals surface area (Å²) < 4.78 is 2.82. The second-order valence-electron chi connectivity index (χ2n) is 4.64. The molecule has 0 N–H and O–H groups in total. The molecule has 1 aliphatic rings. The number of carbonyl (C=O) groups excluding carboxylic acids is 1. The van der Waals surface area contributed by atoms with Crippen LogP contribution in [0.3, 0.4) is 0 Å². The lowest BCUT2D eigenvalue weighted by atomic mass is 10.3. The maximum Gasteiger partial charge on any atom is 0.247 e. The highest BCUT2D eigenvalue weighted by molar-refractivity contribution is 9.10. The number of halogens is 1. The summed E-state index contributed by atoms with van der Waals surface area (Å²) in [4.78, 5) is 14.2. The number of aryl methyl sites for hydroxylation is 1. The largest absolute Gasteiger partial charge is 0.341 e. The average Bonchev–Trinajstić information content (AvgIpc) is 2.92. The van der Waals surface area contributed by atoms with Gasteiger partial charge in [-0.05, 0) is 49.5 Å². The van der Waals surface area contributed by atoms with Gasteiger partial charge in [0.1, 0.15) is 6.04 Å². The van der Waals surface area contributed by atoms with Crippen LogP contribution in [0.1, 0.15) is 37.2 Å². The summed E-state index contributed by atoms with van der Waals surface area (Å²) in [5.41, 5.74) is 1.95. The van der Waals surface area contributed by atoms with E-state index in [1.54, 1.807) is 0 Å². The van der Waals surface area contributed by atoms with Crippen molar-refractivity contribution in [1.29, 1.82) is 0 Å². The maximum atomic E-state index is 12.3. The molecular formula is C12H18BrN3O. The highest BCUT2D eigenvalue weighted by Gasteiger charge is 2.26. The number of hydrogen-bond acceptors (Lipinski definition) is 2. The van der Waals surface area contributed by atoms with E-state index in [9.17, 15) is 4.79 Å². The summed E-state index contributed by atoms with van der Waals surface area (Å²) in [6.07, 6.45) is 2.25. The van der Waals surface area contributed by atoms with Crippen LogP contribution in [-0.2, 0) is 4.79 Å². The van der Waals surface area contributed by atoms with Gasteiger partial charge in [-0.15, -0.1) is 0 Å². The lowest BCUT2D eigenvalue weighted by Gasteiger charge is -2.21. The van der Waals surface area contributed by atoms with Crippen molar-refractivity contribution in [1.82, 2.24) is 14.7 Å². The first kappa shape index (κ1) is 12.6. The first-order chi connectivity index (χ1) is 8.02. The lowest BCUT2D eigenvalue weighted by Crippen LogP contribution is -2.34. The Morgan fingerprint density at radius 3 is 2.41 bits per heavy atom. The van der Waals surface area contributed by atoms with Crippen molar-refractivity contribution in [2.24, 2.45) is 0 Å². The molecule has 94 valence electrons. The van der Waals surface area contributed by atoms with Gasteiger partial charge in [0.15, 0.2) is 0 Å². The molecule has 17 heavy (non-hydrogen) atoms. The third-order valence-electron chi connectivity index (χ3n) is 3.38. The van der Waals surface area contributed by atoms with Crippen molar-refractivity contribution in [3.05, 3.63) is 15.9 Å². The Morgan fingerprint density at radius 2 is 1.94 bits per heavy atom. The zero-order chi connectivity index (χ0) is 12.6. The number of likely N-dealkylation sites (tertiary alicyclic amines) is 1. The molecule has 1 aromatic rings. The number of hydrogen-bond donors (Lipinski definition) is 0. The second kappa shape index (κ2) is 4.80. The molecule has 0 bridgehead atoms. The highest BCUT2D eigenvalue weighted by atomic mass is 79.9. The first-order valence-corrected chi connectivity index (χ1v) is 6.81. The van der Waals surface area contributed by atoms with E-state index in [4.69, 9.17) is 0 Å². The Labute approximate surface area is 110 Å². The van der Waals surface area contributed by atoms with Crippen molar-refractivity contribution >= 4 is 21.8 Å². The van der Waals surface area contributed by atoms with Gasteiger partial charge in [0.05, 0.1) is 15.9 Å². The van der Waals surface area contributed by atoms with Crippen LogP contribution in [0.4, 0.5) is 0 Å². The van der Waals surface area contributed by atoms with Crippen LogP contribution in [0.25, 0.3) is 0 Å². The van der Waals surface area contributed by atoms with E-state index in [2.05, 4.69) is 21.0 Å². The van der Waals surface area contributed by atoms with Gasteiger partial charge >= 0.3 is 0 Å². The standard InChI is InChI=1S/C12H18BrN3O/c1-8-11(13)9(2)16(14-8)10(3)12(17)15-6-4-5-7-15/h10H,4-7H2,1-3H3. The third-order valence-corrected chi connectivity index (χ3v) is 4.53. The van der Waals surface area contributed by atoms with Gasteiger partial charge in [-0.1, -0.05) is 0 Å². The Bertz CT molecular complexity index is 435. The molecule has 0 saturated carbocycles. The molecular weight excluding hydrogens is 282 g/mol. The minimum Gasteiger partial charge on any atom is -0.341 e. The molecule has 0 spiro atoms. The first-order valence-electron chi connectivity index (χ1n) is 6.02. The Kier molecular flexibility index (Phi) is 3.56. The minimum atomic E-state index is -0.210. The quantitative estimate of drug-likeness (QED) is 0.841. The van der Waals surface area contributed by atoms with Gasteiger partial charge in [-0.2, -0.15) is 5.10 Å². The fourth-order valence-corrected chi connectivity index (χ4v) is 2.59. The molecule has 1 amide bonds. The molecule has 1 aliphatic heterocycles. The molecule has 2 rings (SSSR count). The second-order valence-corrected chi connectivity index (χ2v) is 5.43. The van der Waals surface area contributed by atoms with E-state index in [0.717, 1.165) is 41.8 Å². The number of rotatable bonds is 2. The monoisotopic (exact) mass is 299 g/mol. The number of amides is 1. The number of aromatic nitrogens is 2. The van der Waals surface area contributed by atoms with E-state index in [1.165, 1.54) is 0 Å². The Balaban J connectivity index is 2.21. The molecule has 1 unspecified atom stereocenters. The van der Waals surface area contributed by atoms with Crippen molar-refractivity contribution in [2.75, 3.05) is 13.1 Å². The zero-order valence-electron chi connectivity index (χ0n) is 10.5. The number of nitrogens with zero attached hydrogens (tertiary/aromatic N) is 3. The summed E-state index contributed by atoms with van der Waals surface area (Å²) in [7, 11) is 0. The van der Waals surface area contributed by atoms with Crippen LogP contribution < -0.4 is 0 Å². The van der Waals surface area contributed by atoms with Gasteiger partial charge in [-0.25, -0.2) is 0 Å². The summed E-state index contributed by atoms with van der Waals surface area (Å²) in [5.74, 6) is 0.181. The molecule has 0 aliphatic carbocycles. The number of carbonyl (C=O) groups is 1. The molecule has 0 aromatic carbocycles. The molecule has 1 saturated heterocycles. The van der Waals surface area contributed by atoms with Crippen LogP contribution in [0.2, 0.25) is 0 Å². The van der Waals surface area contributed by atoms with E-state index < -0.39 is 0 Å². The maximum absolute atomic E-state index is 12.3. The van der Waals surface area contributed by atoms with Crippen LogP contribution in [-0.4, -0.2) is 33.7 Å². The summed E-state index contributed by atoms with van der Waals surface area (Å²) >= 11 is 3.49. The van der Waals surface area contributed by atoms with E-state index in [0.29, 0.717) is 0 Å². The van der Waals surface area contributed by atoms with Gasteiger partial charge in [0, 0.05) is 13.1 Å². The fraction of sp³-hybridized carbons (Fsp3) is 0.667. The average molecular weight is 300 g/mol. The summed E-state index contributed by atoms with van der Waals surface area (Å²) in [6.45, 7) is 7.64. The summed E-state index contributed by atoms with van der Waals surface area (Å²) in [6, 6.07) is -0.210. The molecule has 4 nitrogen and oxygen atoms in total. The smallest absolute Gasteiger partial charge is 0.247 e. The van der Waals surface area contributed by atoms with Crippen molar-refractivity contribution < 1.29 is 4.79 Å². The molecule has 2 heterocycles. The third kappa shape index (κ3) is 2.25. The van der Waals surface area contributed by atoms with Crippen LogP contribution in [0.15, 0.2) is 4.47 Å². The van der Waals surface area contributed by atoms with Crippen LogP contribution >= 0.6 is 15.9 Å². The van der Waals surface area contributed by atoms with E-state index >= 15 is 0 Å². The van der Waals surface area contributed by atoms with Crippen LogP contribution in [0.5, 0.6) is 0 Å². The van der Waals surface area contributed by atoms with E-state index in [-0.39, 0.29) is 11.9 Å². The predicted molar refractivity (Wildman–Crippen MR) is 69.9 cm³/mol. The predicted octanol–water partition coefficient (Wildman–Crippen LogP) is 2.45. The topological polar surface area (TPSA) is 38.1 Å². The highest BCUT2D eigenvalue weighted by Crippen LogP contribution is 2.24. The SMILES string of the molecule is Cc1nn(C(C)C(=O)N2CCCC2)c(C)c1Br. The van der Waals surface area contributed by atoms with Crippen LogP contribution in [0, 0.1) is 13.8 Å². The van der Waals surface area contributed by atoms with Crippen molar-refractivity contribution in [3.63, 3.8) is 0 Å². The molecule has 1 atom stereocenters. The minimum absolute atomic E-state index is 0.181. The van der Waals surface area contributed by atoms with E-state index in [1.807, 2.05) is 30.4 Å². The molecule has 1 fully saturated rings. The van der Waals surface area contributed by atoms with Gasteiger partial charge in [0.25, 0.3) is 0 Å². The Morgan fingerprint density at radius 1 is 1.35 bits per heavy atom. The van der Waals surface area contributed by atoms with Crippen molar-refractivity contribution in [3.8, 4) is 0 Å². The molecule has 1 aromatic heterocycles.